The summed E-state index contributed by atoms with van der Waals surface area (Å²) < 4.78 is 9.57. The number of carbonyl (C=O) groups excluding carboxylic acids is 1. The molecule has 1 heterocycles. The second-order valence-electron chi connectivity index (χ2n) is 2.95. The molecule has 0 saturated heterocycles. The van der Waals surface area contributed by atoms with Gasteiger partial charge in [0.2, 0.25) is 0 Å². The van der Waals surface area contributed by atoms with E-state index < -0.39 is 0 Å². The zero-order valence-corrected chi connectivity index (χ0v) is 8.14. The zero-order valence-electron chi connectivity index (χ0n) is 8.14. The Labute approximate surface area is 86.5 Å². The van der Waals surface area contributed by atoms with E-state index in [4.69, 9.17) is 4.52 Å². The molecule has 0 unspecified atom stereocenters. The number of ether oxygens (including phenoxy) is 1. The first-order valence-corrected chi connectivity index (χ1v) is 4.40. The average molecular weight is 203 g/mol. The molecule has 76 valence electrons. The van der Waals surface area contributed by atoms with Gasteiger partial charge in [-0.2, -0.15) is 0 Å². The highest BCUT2D eigenvalue weighted by Crippen LogP contribution is 2.18. The minimum absolute atomic E-state index is 0.348. The lowest BCUT2D eigenvalue weighted by atomic mass is 10.1. The Morgan fingerprint density at radius 1 is 1.27 bits per heavy atom. The third-order valence-electron chi connectivity index (χ3n) is 2.03. The largest absolute Gasteiger partial charge is 0.465 e. The molecule has 0 aliphatic rings. The first-order valence-electron chi connectivity index (χ1n) is 4.40. The van der Waals surface area contributed by atoms with Gasteiger partial charge >= 0.3 is 5.97 Å². The molecule has 0 fully saturated rings. The summed E-state index contributed by atoms with van der Waals surface area (Å²) in [5, 5.41) is 3.61. The molecule has 15 heavy (non-hydrogen) atoms. The summed E-state index contributed by atoms with van der Waals surface area (Å²) in [6.07, 6.45) is 1.57. The number of methoxy groups -OCH3 is 1. The van der Waals surface area contributed by atoms with Gasteiger partial charge in [-0.05, 0) is 12.1 Å². The Bertz CT molecular complexity index is 445. The number of benzene rings is 1. The van der Waals surface area contributed by atoms with Crippen LogP contribution in [-0.2, 0) is 4.74 Å². The summed E-state index contributed by atoms with van der Waals surface area (Å²) in [6, 6.07) is 8.69. The molecule has 0 atom stereocenters. The first kappa shape index (κ1) is 9.45. The van der Waals surface area contributed by atoms with Gasteiger partial charge in [0.25, 0.3) is 0 Å². The maximum Gasteiger partial charge on any atom is 0.337 e. The fourth-order valence-electron chi connectivity index (χ4n) is 1.25. The van der Waals surface area contributed by atoms with Crippen molar-refractivity contribution in [2.75, 3.05) is 7.11 Å². The summed E-state index contributed by atoms with van der Waals surface area (Å²) >= 11 is 0. The third-order valence-corrected chi connectivity index (χ3v) is 2.03. The van der Waals surface area contributed by atoms with Gasteiger partial charge in [0.05, 0.1) is 18.9 Å². The smallest absolute Gasteiger partial charge is 0.337 e. The van der Waals surface area contributed by atoms with Crippen LogP contribution < -0.4 is 0 Å². The van der Waals surface area contributed by atoms with Crippen LogP contribution in [0.2, 0.25) is 0 Å². The molecule has 0 bridgehead atoms. The lowest BCUT2D eigenvalue weighted by Gasteiger charge is -1.99. The van der Waals surface area contributed by atoms with Crippen molar-refractivity contribution in [3.63, 3.8) is 0 Å². The lowest BCUT2D eigenvalue weighted by Crippen LogP contribution is -2.00. The van der Waals surface area contributed by atoms with E-state index in [1.807, 2.05) is 0 Å². The minimum atomic E-state index is -0.348. The Hall–Kier alpha value is -2.10. The number of hydrogen-bond acceptors (Lipinski definition) is 4. The summed E-state index contributed by atoms with van der Waals surface area (Å²) in [7, 11) is 1.35. The molecular formula is C11H9NO3. The van der Waals surface area contributed by atoms with Gasteiger partial charge < -0.3 is 9.26 Å². The maximum atomic E-state index is 11.2. The van der Waals surface area contributed by atoms with Crippen molar-refractivity contribution < 1.29 is 14.1 Å². The van der Waals surface area contributed by atoms with E-state index in [9.17, 15) is 4.79 Å². The quantitative estimate of drug-likeness (QED) is 0.701. The Morgan fingerprint density at radius 3 is 2.53 bits per heavy atom. The SMILES string of the molecule is COC(=O)c1ccc(-c2ccno2)cc1. The number of nitrogens with zero attached hydrogens (tertiary/aromatic N) is 1. The van der Waals surface area contributed by atoms with Gasteiger partial charge in [0.15, 0.2) is 5.76 Å². The van der Waals surface area contributed by atoms with E-state index >= 15 is 0 Å². The zero-order chi connectivity index (χ0) is 10.7. The van der Waals surface area contributed by atoms with E-state index in [1.54, 1.807) is 36.5 Å². The maximum absolute atomic E-state index is 11.2. The second kappa shape index (κ2) is 3.96. The van der Waals surface area contributed by atoms with Crippen LogP contribution in [0.1, 0.15) is 10.4 Å². The normalized spacial score (nSPS) is 9.93. The molecule has 0 radical (unpaired) electrons. The van der Waals surface area contributed by atoms with Gasteiger partial charge in [0.1, 0.15) is 0 Å². The molecule has 0 N–H and O–H groups in total. The van der Waals surface area contributed by atoms with Crippen molar-refractivity contribution in [2.45, 2.75) is 0 Å². The molecule has 0 amide bonds. The first-order chi connectivity index (χ1) is 7.31. The predicted molar refractivity (Wildman–Crippen MR) is 53.3 cm³/mol. The van der Waals surface area contributed by atoms with Crippen molar-refractivity contribution in [3.05, 3.63) is 42.1 Å². The van der Waals surface area contributed by atoms with Crippen molar-refractivity contribution in [1.82, 2.24) is 5.16 Å². The van der Waals surface area contributed by atoms with Crippen LogP contribution in [0.5, 0.6) is 0 Å². The summed E-state index contributed by atoms with van der Waals surface area (Å²) in [5.74, 6) is 0.325. The van der Waals surface area contributed by atoms with Crippen LogP contribution >= 0.6 is 0 Å². The molecule has 0 spiro atoms. The molecule has 2 rings (SSSR count). The van der Waals surface area contributed by atoms with Crippen LogP contribution in [0.15, 0.2) is 41.1 Å². The van der Waals surface area contributed by atoms with Gasteiger partial charge in [0, 0.05) is 11.6 Å². The summed E-state index contributed by atoms with van der Waals surface area (Å²) in [6.45, 7) is 0. The molecule has 0 aliphatic carbocycles. The van der Waals surface area contributed by atoms with E-state index in [0.717, 1.165) is 5.56 Å². The van der Waals surface area contributed by atoms with E-state index in [-0.39, 0.29) is 5.97 Å². The van der Waals surface area contributed by atoms with Crippen LogP contribution in [0.3, 0.4) is 0 Å². The molecule has 1 aromatic carbocycles. The number of rotatable bonds is 2. The predicted octanol–water partition coefficient (Wildman–Crippen LogP) is 2.13. The van der Waals surface area contributed by atoms with Crippen LogP contribution in [-0.4, -0.2) is 18.2 Å². The molecule has 0 saturated carbocycles. The van der Waals surface area contributed by atoms with Crippen LogP contribution in [0.25, 0.3) is 11.3 Å². The Balaban J connectivity index is 2.29. The lowest BCUT2D eigenvalue weighted by molar-refractivity contribution is 0.0601. The van der Waals surface area contributed by atoms with Gasteiger partial charge in [-0.25, -0.2) is 4.79 Å². The number of hydrogen-bond donors (Lipinski definition) is 0. The van der Waals surface area contributed by atoms with Crippen LogP contribution in [0.4, 0.5) is 0 Å². The third kappa shape index (κ3) is 1.88. The number of esters is 1. The van der Waals surface area contributed by atoms with Crippen molar-refractivity contribution in [3.8, 4) is 11.3 Å². The Morgan fingerprint density at radius 2 is 2.00 bits per heavy atom. The molecule has 2 aromatic rings. The monoisotopic (exact) mass is 203 g/mol. The molecule has 0 aliphatic heterocycles. The molecule has 4 heteroatoms. The highest BCUT2D eigenvalue weighted by molar-refractivity contribution is 5.89. The fraction of sp³-hybridized carbons (Fsp3) is 0.0909. The van der Waals surface area contributed by atoms with Gasteiger partial charge in [-0.1, -0.05) is 17.3 Å². The highest BCUT2D eigenvalue weighted by atomic mass is 16.5. The van der Waals surface area contributed by atoms with Crippen LogP contribution in [0, 0.1) is 0 Å². The topological polar surface area (TPSA) is 52.3 Å². The summed E-state index contributed by atoms with van der Waals surface area (Å²) in [5.41, 5.74) is 1.39. The standard InChI is InChI=1S/C11H9NO3/c1-14-11(13)9-4-2-8(3-5-9)10-6-7-12-15-10/h2-7H,1H3. The van der Waals surface area contributed by atoms with E-state index in [0.29, 0.717) is 11.3 Å². The van der Waals surface area contributed by atoms with Crippen molar-refractivity contribution in [1.29, 1.82) is 0 Å². The van der Waals surface area contributed by atoms with Crippen molar-refractivity contribution in [2.24, 2.45) is 0 Å². The average Bonchev–Trinajstić information content (AvgIpc) is 2.82. The number of aromatic nitrogens is 1. The van der Waals surface area contributed by atoms with E-state index in [1.165, 1.54) is 7.11 Å². The highest BCUT2D eigenvalue weighted by Gasteiger charge is 2.06. The second-order valence-corrected chi connectivity index (χ2v) is 2.95. The molecular weight excluding hydrogens is 194 g/mol. The van der Waals surface area contributed by atoms with E-state index in [2.05, 4.69) is 9.89 Å². The Kier molecular flexibility index (Phi) is 2.49. The minimum Gasteiger partial charge on any atom is -0.465 e. The van der Waals surface area contributed by atoms with Crippen molar-refractivity contribution >= 4 is 5.97 Å². The van der Waals surface area contributed by atoms with Gasteiger partial charge in [-0.3, -0.25) is 0 Å². The molecule has 1 aromatic heterocycles. The summed E-state index contributed by atoms with van der Waals surface area (Å²) in [4.78, 5) is 11.2. The van der Waals surface area contributed by atoms with Gasteiger partial charge in [-0.15, -0.1) is 0 Å². The fourth-order valence-corrected chi connectivity index (χ4v) is 1.25. The molecule has 4 nitrogen and oxygen atoms in total. The number of carbonyl (C=O) groups is 1.